The molecule has 0 amide bonds. The van der Waals surface area contributed by atoms with Crippen molar-refractivity contribution in [2.75, 3.05) is 19.5 Å². The van der Waals surface area contributed by atoms with Gasteiger partial charge in [0.25, 0.3) is 0 Å². The van der Waals surface area contributed by atoms with Crippen molar-refractivity contribution in [1.82, 2.24) is 4.90 Å². The topological polar surface area (TPSA) is 3.24 Å². The molecule has 0 saturated carbocycles. The van der Waals surface area contributed by atoms with Crippen LogP contribution in [-0.4, -0.2) is 24.4 Å². The van der Waals surface area contributed by atoms with Gasteiger partial charge in [0, 0.05) is 23.5 Å². The molecule has 0 aliphatic heterocycles. The van der Waals surface area contributed by atoms with E-state index in [9.17, 15) is 0 Å². The molecule has 1 rings (SSSR count). The van der Waals surface area contributed by atoms with Gasteiger partial charge in [-0.2, -0.15) is 0 Å². The summed E-state index contributed by atoms with van der Waals surface area (Å²) in [4.78, 5) is 2.26. The first-order valence-corrected chi connectivity index (χ1v) is 6.23. The second-order valence-corrected chi connectivity index (χ2v) is 4.54. The quantitative estimate of drug-likeness (QED) is 0.567. The lowest BCUT2D eigenvalue weighted by molar-refractivity contribution is 0.289. The highest BCUT2D eigenvalue weighted by atomic mass is 35.5. The Labute approximate surface area is 108 Å². The Morgan fingerprint density at radius 1 is 1.25 bits per heavy atom. The van der Waals surface area contributed by atoms with E-state index in [0.717, 1.165) is 11.6 Å². The van der Waals surface area contributed by atoms with Crippen LogP contribution in [0.25, 0.3) is 0 Å². The third-order valence-electron chi connectivity index (χ3n) is 2.66. The number of halogens is 2. The Balaban J connectivity index is 2.59. The molecule has 0 N–H and O–H groups in total. The third-order valence-corrected chi connectivity index (χ3v) is 3.09. The van der Waals surface area contributed by atoms with Crippen molar-refractivity contribution in [1.29, 1.82) is 0 Å². The Bertz CT molecular complexity index is 332. The van der Waals surface area contributed by atoms with Gasteiger partial charge in [-0.05, 0) is 31.7 Å². The lowest BCUT2D eigenvalue weighted by Crippen LogP contribution is -2.22. The molecule has 1 atom stereocenters. The van der Waals surface area contributed by atoms with E-state index >= 15 is 0 Å². The number of hydrogen-bond donors (Lipinski definition) is 0. The van der Waals surface area contributed by atoms with E-state index < -0.39 is 0 Å². The summed E-state index contributed by atoms with van der Waals surface area (Å²) < 4.78 is 0. The normalized spacial score (nSPS) is 13.6. The van der Waals surface area contributed by atoms with Gasteiger partial charge < -0.3 is 0 Å². The second kappa shape index (κ2) is 6.95. The molecule has 3 heteroatoms. The SMILES string of the molecule is CC(c1ccc(Cl)cc1)N(C)CC=CCCl. The molecule has 0 fully saturated rings. The van der Waals surface area contributed by atoms with Gasteiger partial charge in [0.05, 0.1) is 0 Å². The molecular weight excluding hydrogens is 241 g/mol. The van der Waals surface area contributed by atoms with E-state index in [1.54, 1.807) is 0 Å². The zero-order valence-corrected chi connectivity index (χ0v) is 11.2. The summed E-state index contributed by atoms with van der Waals surface area (Å²) in [5.41, 5.74) is 1.27. The van der Waals surface area contributed by atoms with Crippen LogP contribution >= 0.6 is 23.2 Å². The molecule has 0 spiro atoms. The van der Waals surface area contributed by atoms with Crippen molar-refractivity contribution < 1.29 is 0 Å². The number of hydrogen-bond acceptors (Lipinski definition) is 1. The van der Waals surface area contributed by atoms with Gasteiger partial charge in [0.1, 0.15) is 0 Å². The summed E-state index contributed by atoms with van der Waals surface area (Å²) in [6.07, 6.45) is 4.05. The molecular formula is C13H17Cl2N. The summed E-state index contributed by atoms with van der Waals surface area (Å²) in [7, 11) is 2.10. The minimum absolute atomic E-state index is 0.372. The molecule has 0 aliphatic carbocycles. The van der Waals surface area contributed by atoms with E-state index in [1.165, 1.54) is 5.56 Å². The van der Waals surface area contributed by atoms with Crippen LogP contribution in [0.4, 0.5) is 0 Å². The van der Waals surface area contributed by atoms with E-state index in [0.29, 0.717) is 11.9 Å². The van der Waals surface area contributed by atoms with Gasteiger partial charge in [-0.3, -0.25) is 4.90 Å². The molecule has 0 bridgehead atoms. The lowest BCUT2D eigenvalue weighted by atomic mass is 10.1. The summed E-state index contributed by atoms with van der Waals surface area (Å²) >= 11 is 11.4. The largest absolute Gasteiger partial charge is 0.296 e. The molecule has 1 nitrogen and oxygen atoms in total. The van der Waals surface area contributed by atoms with Crippen molar-refractivity contribution in [2.45, 2.75) is 13.0 Å². The maximum atomic E-state index is 5.86. The summed E-state index contributed by atoms with van der Waals surface area (Å²) in [5.74, 6) is 0.573. The molecule has 0 aromatic heterocycles. The Morgan fingerprint density at radius 3 is 2.44 bits per heavy atom. The average Bonchev–Trinajstić information content (AvgIpc) is 2.29. The van der Waals surface area contributed by atoms with Gasteiger partial charge in [0.2, 0.25) is 0 Å². The molecule has 0 aliphatic rings. The van der Waals surface area contributed by atoms with Gasteiger partial charge in [-0.15, -0.1) is 11.6 Å². The van der Waals surface area contributed by atoms with E-state index in [4.69, 9.17) is 23.2 Å². The van der Waals surface area contributed by atoms with Crippen molar-refractivity contribution in [2.24, 2.45) is 0 Å². The van der Waals surface area contributed by atoms with Crippen molar-refractivity contribution in [3.63, 3.8) is 0 Å². The molecule has 16 heavy (non-hydrogen) atoms. The van der Waals surface area contributed by atoms with Crippen LogP contribution in [0, 0.1) is 0 Å². The molecule has 0 saturated heterocycles. The molecule has 1 aromatic carbocycles. The van der Waals surface area contributed by atoms with E-state index in [1.807, 2.05) is 18.2 Å². The number of rotatable bonds is 5. The lowest BCUT2D eigenvalue weighted by Gasteiger charge is -2.23. The predicted octanol–water partition coefficient (Wildman–Crippen LogP) is 4.13. The molecule has 0 radical (unpaired) electrons. The zero-order valence-electron chi connectivity index (χ0n) is 9.66. The smallest absolute Gasteiger partial charge is 0.0406 e. The first kappa shape index (κ1) is 13.6. The Hall–Kier alpha value is -0.500. The van der Waals surface area contributed by atoms with Crippen LogP contribution in [-0.2, 0) is 0 Å². The minimum atomic E-state index is 0.372. The standard InChI is InChI=1S/C13H17Cl2N/c1-11(16(2)10-4-3-9-14)12-5-7-13(15)8-6-12/h3-8,11H,9-10H2,1-2H3. The van der Waals surface area contributed by atoms with Crippen molar-refractivity contribution in [3.8, 4) is 0 Å². The van der Waals surface area contributed by atoms with Crippen molar-refractivity contribution >= 4 is 23.2 Å². The minimum Gasteiger partial charge on any atom is -0.296 e. The number of benzene rings is 1. The average molecular weight is 258 g/mol. The van der Waals surface area contributed by atoms with Crippen LogP contribution < -0.4 is 0 Å². The maximum Gasteiger partial charge on any atom is 0.0406 e. The Morgan fingerprint density at radius 2 is 1.88 bits per heavy atom. The summed E-state index contributed by atoms with van der Waals surface area (Å²) in [6, 6.07) is 8.35. The predicted molar refractivity (Wildman–Crippen MR) is 72.4 cm³/mol. The van der Waals surface area contributed by atoms with Crippen molar-refractivity contribution in [3.05, 3.63) is 47.0 Å². The third kappa shape index (κ3) is 4.17. The fraction of sp³-hybridized carbons (Fsp3) is 0.385. The van der Waals surface area contributed by atoms with Gasteiger partial charge in [-0.1, -0.05) is 35.9 Å². The molecule has 0 heterocycles. The van der Waals surface area contributed by atoms with Crippen LogP contribution in [0.5, 0.6) is 0 Å². The Kier molecular flexibility index (Phi) is 5.89. The number of alkyl halides is 1. The number of allylic oxidation sites excluding steroid dienone is 1. The van der Waals surface area contributed by atoms with E-state index in [2.05, 4.69) is 37.1 Å². The fourth-order valence-corrected chi connectivity index (χ4v) is 1.71. The summed E-state index contributed by atoms with van der Waals surface area (Å²) in [6.45, 7) is 3.08. The van der Waals surface area contributed by atoms with Crippen LogP contribution in [0.2, 0.25) is 5.02 Å². The fourth-order valence-electron chi connectivity index (χ4n) is 1.46. The highest BCUT2D eigenvalue weighted by Gasteiger charge is 2.09. The van der Waals surface area contributed by atoms with Gasteiger partial charge in [0.15, 0.2) is 0 Å². The van der Waals surface area contributed by atoms with Crippen LogP contribution in [0.1, 0.15) is 18.5 Å². The molecule has 1 unspecified atom stereocenters. The maximum absolute atomic E-state index is 5.86. The van der Waals surface area contributed by atoms with Crippen LogP contribution in [0.3, 0.4) is 0 Å². The highest BCUT2D eigenvalue weighted by molar-refractivity contribution is 6.30. The first-order chi connectivity index (χ1) is 7.65. The number of likely N-dealkylation sites (N-methyl/N-ethyl adjacent to an activating group) is 1. The second-order valence-electron chi connectivity index (χ2n) is 3.79. The van der Waals surface area contributed by atoms with Gasteiger partial charge >= 0.3 is 0 Å². The monoisotopic (exact) mass is 257 g/mol. The van der Waals surface area contributed by atoms with Crippen LogP contribution in [0.15, 0.2) is 36.4 Å². The van der Waals surface area contributed by atoms with Gasteiger partial charge in [-0.25, -0.2) is 0 Å². The number of nitrogens with zero attached hydrogens (tertiary/aromatic N) is 1. The first-order valence-electron chi connectivity index (χ1n) is 5.32. The highest BCUT2D eigenvalue weighted by Crippen LogP contribution is 2.20. The molecule has 1 aromatic rings. The summed E-state index contributed by atoms with van der Waals surface area (Å²) in [5, 5.41) is 0.778. The molecule has 88 valence electrons. The zero-order chi connectivity index (χ0) is 12.0. The van der Waals surface area contributed by atoms with E-state index in [-0.39, 0.29) is 0 Å².